The molecule has 2 nitrogen and oxygen atoms in total. The maximum Gasteiger partial charge on any atom is 0.0312 e. The zero-order valence-corrected chi connectivity index (χ0v) is 11.5. The van der Waals surface area contributed by atoms with Gasteiger partial charge in [0.2, 0.25) is 0 Å². The maximum absolute atomic E-state index is 4.25. The van der Waals surface area contributed by atoms with Gasteiger partial charge in [-0.3, -0.25) is 9.88 Å². The van der Waals surface area contributed by atoms with E-state index >= 15 is 0 Å². The molecule has 0 amide bonds. The number of rotatable bonds is 3. The summed E-state index contributed by atoms with van der Waals surface area (Å²) in [5.74, 6) is 0.944. The average molecular weight is 254 g/mol. The summed E-state index contributed by atoms with van der Waals surface area (Å²) >= 11 is 0. The van der Waals surface area contributed by atoms with Gasteiger partial charge in [-0.05, 0) is 56.1 Å². The van der Waals surface area contributed by atoms with Crippen LogP contribution in [0.15, 0.2) is 36.2 Å². The van der Waals surface area contributed by atoms with E-state index in [-0.39, 0.29) is 0 Å². The van der Waals surface area contributed by atoms with Gasteiger partial charge in [0, 0.05) is 31.0 Å². The highest BCUT2D eigenvalue weighted by molar-refractivity contribution is 5.18. The lowest BCUT2D eigenvalue weighted by molar-refractivity contribution is 0.157. The molecule has 19 heavy (non-hydrogen) atoms. The van der Waals surface area contributed by atoms with Crippen molar-refractivity contribution >= 4 is 0 Å². The largest absolute Gasteiger partial charge is 0.292 e. The van der Waals surface area contributed by atoms with E-state index in [9.17, 15) is 0 Å². The smallest absolute Gasteiger partial charge is 0.0312 e. The Labute approximate surface area is 115 Å². The molecule has 0 radical (unpaired) electrons. The predicted octanol–water partition coefficient (Wildman–Crippen LogP) is 3.54. The number of hydrogen-bond donors (Lipinski definition) is 0. The van der Waals surface area contributed by atoms with Gasteiger partial charge in [0.25, 0.3) is 0 Å². The van der Waals surface area contributed by atoms with Crippen molar-refractivity contribution in [2.45, 2.75) is 57.2 Å². The molecule has 2 heteroatoms. The summed E-state index contributed by atoms with van der Waals surface area (Å²) in [6.07, 6.45) is 14.8. The standard InChI is InChI=1S/C17H22N2/c1-2-14(11-18-7-1)12-19-16-5-6-17(19)10-15(9-16)8-13-3-4-13/h1-2,7-8,11,13,16-17H,3-6,9-10,12H2. The summed E-state index contributed by atoms with van der Waals surface area (Å²) in [5.41, 5.74) is 3.13. The number of allylic oxidation sites excluding steroid dienone is 1. The van der Waals surface area contributed by atoms with Crippen molar-refractivity contribution in [3.8, 4) is 0 Å². The van der Waals surface area contributed by atoms with Crippen LogP contribution in [0.4, 0.5) is 0 Å². The normalized spacial score (nSPS) is 30.6. The van der Waals surface area contributed by atoms with Gasteiger partial charge in [-0.15, -0.1) is 0 Å². The van der Waals surface area contributed by atoms with Crippen LogP contribution in [0, 0.1) is 5.92 Å². The van der Waals surface area contributed by atoms with Gasteiger partial charge < -0.3 is 0 Å². The minimum Gasteiger partial charge on any atom is -0.292 e. The van der Waals surface area contributed by atoms with Gasteiger partial charge in [0.1, 0.15) is 0 Å². The first-order valence-corrected chi connectivity index (χ1v) is 7.73. The third-order valence-corrected chi connectivity index (χ3v) is 4.95. The van der Waals surface area contributed by atoms with Gasteiger partial charge in [-0.2, -0.15) is 0 Å². The third-order valence-electron chi connectivity index (χ3n) is 4.95. The fourth-order valence-electron chi connectivity index (χ4n) is 3.83. The molecule has 1 aromatic rings. The van der Waals surface area contributed by atoms with E-state index in [0.717, 1.165) is 24.5 Å². The molecule has 3 aliphatic rings. The third kappa shape index (κ3) is 2.46. The number of hydrogen-bond acceptors (Lipinski definition) is 2. The van der Waals surface area contributed by atoms with Crippen LogP contribution >= 0.6 is 0 Å². The Morgan fingerprint density at radius 1 is 1.16 bits per heavy atom. The summed E-state index contributed by atoms with van der Waals surface area (Å²) in [6.45, 7) is 1.10. The Morgan fingerprint density at radius 3 is 2.58 bits per heavy atom. The molecule has 2 saturated heterocycles. The fourth-order valence-corrected chi connectivity index (χ4v) is 3.83. The topological polar surface area (TPSA) is 16.1 Å². The number of fused-ring (bicyclic) bond motifs is 2. The number of piperidine rings is 1. The number of pyridine rings is 1. The van der Waals surface area contributed by atoms with Crippen LogP contribution in [0.2, 0.25) is 0 Å². The average Bonchev–Trinajstić information content (AvgIpc) is 3.20. The molecule has 0 aromatic carbocycles. The Kier molecular flexibility index (Phi) is 2.92. The zero-order valence-electron chi connectivity index (χ0n) is 11.5. The first-order valence-electron chi connectivity index (χ1n) is 7.73. The van der Waals surface area contributed by atoms with Crippen molar-refractivity contribution in [3.63, 3.8) is 0 Å². The Morgan fingerprint density at radius 2 is 1.95 bits per heavy atom. The van der Waals surface area contributed by atoms with E-state index in [0.29, 0.717) is 0 Å². The summed E-state index contributed by atoms with van der Waals surface area (Å²) < 4.78 is 0. The molecule has 2 bridgehead atoms. The van der Waals surface area contributed by atoms with Gasteiger partial charge in [-0.1, -0.05) is 17.7 Å². The van der Waals surface area contributed by atoms with E-state index in [1.54, 1.807) is 5.57 Å². The first kappa shape index (κ1) is 11.7. The minimum atomic E-state index is 0.795. The molecule has 0 spiro atoms. The number of nitrogens with zero attached hydrogens (tertiary/aromatic N) is 2. The van der Waals surface area contributed by atoms with E-state index in [2.05, 4.69) is 28.1 Å². The summed E-state index contributed by atoms with van der Waals surface area (Å²) in [4.78, 5) is 6.98. The van der Waals surface area contributed by atoms with Crippen molar-refractivity contribution in [2.75, 3.05) is 0 Å². The molecular formula is C17H22N2. The van der Waals surface area contributed by atoms with Crippen molar-refractivity contribution in [3.05, 3.63) is 41.7 Å². The molecule has 0 N–H and O–H groups in total. The molecule has 1 aromatic heterocycles. The molecular weight excluding hydrogens is 232 g/mol. The SMILES string of the molecule is C(=C1CC2CCC(C1)N2Cc1cccnc1)C1CC1. The molecule has 1 aliphatic carbocycles. The minimum absolute atomic E-state index is 0.795. The second-order valence-corrected chi connectivity index (χ2v) is 6.49. The van der Waals surface area contributed by atoms with E-state index < -0.39 is 0 Å². The van der Waals surface area contributed by atoms with Gasteiger partial charge in [0.05, 0.1) is 0 Å². The second kappa shape index (κ2) is 4.75. The summed E-state index contributed by atoms with van der Waals surface area (Å²) in [7, 11) is 0. The molecule has 4 rings (SSSR count). The molecule has 3 heterocycles. The van der Waals surface area contributed by atoms with E-state index in [1.165, 1.54) is 44.1 Å². The van der Waals surface area contributed by atoms with Crippen LogP contribution < -0.4 is 0 Å². The van der Waals surface area contributed by atoms with E-state index in [1.807, 2.05) is 12.4 Å². The van der Waals surface area contributed by atoms with Gasteiger partial charge in [-0.25, -0.2) is 0 Å². The first-order chi connectivity index (χ1) is 9.38. The van der Waals surface area contributed by atoms with E-state index in [4.69, 9.17) is 0 Å². The zero-order chi connectivity index (χ0) is 12.7. The van der Waals surface area contributed by atoms with Crippen molar-refractivity contribution in [1.29, 1.82) is 0 Å². The van der Waals surface area contributed by atoms with Gasteiger partial charge >= 0.3 is 0 Å². The highest BCUT2D eigenvalue weighted by Gasteiger charge is 2.38. The lowest BCUT2D eigenvalue weighted by Gasteiger charge is -2.36. The Hall–Kier alpha value is -1.15. The fraction of sp³-hybridized carbons (Fsp3) is 0.588. The Balaban J connectivity index is 1.47. The molecule has 2 aliphatic heterocycles. The van der Waals surface area contributed by atoms with Crippen LogP contribution in [0.1, 0.15) is 44.1 Å². The highest BCUT2D eigenvalue weighted by Crippen LogP contribution is 2.41. The second-order valence-electron chi connectivity index (χ2n) is 6.49. The van der Waals surface area contributed by atoms with Crippen LogP contribution in [0.3, 0.4) is 0 Å². The van der Waals surface area contributed by atoms with Crippen LogP contribution in [-0.4, -0.2) is 22.0 Å². The molecule has 1 saturated carbocycles. The molecule has 3 fully saturated rings. The molecule has 2 atom stereocenters. The van der Waals surface area contributed by atoms with Gasteiger partial charge in [0.15, 0.2) is 0 Å². The lowest BCUT2D eigenvalue weighted by atomic mass is 9.95. The summed E-state index contributed by atoms with van der Waals surface area (Å²) in [5, 5.41) is 0. The quantitative estimate of drug-likeness (QED) is 0.767. The van der Waals surface area contributed by atoms with Crippen molar-refractivity contribution in [2.24, 2.45) is 5.92 Å². The molecule has 100 valence electrons. The summed E-state index contributed by atoms with van der Waals surface area (Å²) in [6, 6.07) is 5.86. The van der Waals surface area contributed by atoms with Crippen LogP contribution in [-0.2, 0) is 6.54 Å². The van der Waals surface area contributed by atoms with Crippen molar-refractivity contribution in [1.82, 2.24) is 9.88 Å². The van der Waals surface area contributed by atoms with Crippen molar-refractivity contribution < 1.29 is 0 Å². The predicted molar refractivity (Wildman–Crippen MR) is 76.6 cm³/mol. The highest BCUT2D eigenvalue weighted by atomic mass is 15.2. The van der Waals surface area contributed by atoms with Crippen LogP contribution in [0.25, 0.3) is 0 Å². The van der Waals surface area contributed by atoms with Crippen LogP contribution in [0.5, 0.6) is 0 Å². The maximum atomic E-state index is 4.25. The lowest BCUT2D eigenvalue weighted by Crippen LogP contribution is -2.39. The Bertz CT molecular complexity index is 459. The monoisotopic (exact) mass is 254 g/mol. The number of aromatic nitrogens is 1. The molecule has 2 unspecified atom stereocenters.